The average molecular weight is 204 g/mol. The van der Waals surface area contributed by atoms with E-state index < -0.39 is 0 Å². The molecule has 2 aromatic heterocycles. The molecule has 15 heavy (non-hydrogen) atoms. The number of anilines is 1. The van der Waals surface area contributed by atoms with Crippen molar-refractivity contribution in [3.63, 3.8) is 0 Å². The summed E-state index contributed by atoms with van der Waals surface area (Å²) < 4.78 is 1.45. The van der Waals surface area contributed by atoms with E-state index in [0.29, 0.717) is 5.82 Å². The van der Waals surface area contributed by atoms with Crippen LogP contribution >= 0.6 is 0 Å². The second kappa shape index (κ2) is 3.82. The van der Waals surface area contributed by atoms with Crippen molar-refractivity contribution in [1.29, 1.82) is 0 Å². The molecule has 0 saturated carbocycles. The molecular formula is C8H8N6O. The van der Waals surface area contributed by atoms with Gasteiger partial charge in [-0.3, -0.25) is 9.48 Å². The largest absolute Gasteiger partial charge is 0.305 e. The molecule has 1 amide bonds. The minimum absolute atomic E-state index is 0.246. The van der Waals surface area contributed by atoms with Crippen molar-refractivity contribution in [2.24, 2.45) is 7.05 Å². The average Bonchev–Trinajstić information content (AvgIpc) is 2.66. The van der Waals surface area contributed by atoms with Crippen molar-refractivity contribution < 1.29 is 4.79 Å². The molecule has 0 aliphatic heterocycles. The highest BCUT2D eigenvalue weighted by Crippen LogP contribution is 2.01. The van der Waals surface area contributed by atoms with E-state index in [2.05, 4.69) is 25.6 Å². The third-order valence-electron chi connectivity index (χ3n) is 1.66. The normalized spacial score (nSPS) is 9.93. The number of carbonyl (C=O) groups is 1. The van der Waals surface area contributed by atoms with Crippen molar-refractivity contribution in [2.75, 3.05) is 5.32 Å². The summed E-state index contributed by atoms with van der Waals surface area (Å²) in [6.45, 7) is 0. The maximum atomic E-state index is 11.5. The van der Waals surface area contributed by atoms with E-state index in [1.165, 1.54) is 17.2 Å². The molecule has 76 valence electrons. The van der Waals surface area contributed by atoms with E-state index in [1.807, 2.05) is 0 Å². The molecule has 0 aliphatic carbocycles. The fourth-order valence-electron chi connectivity index (χ4n) is 0.996. The van der Waals surface area contributed by atoms with E-state index in [1.54, 1.807) is 19.3 Å². The molecule has 0 atom stereocenters. The first-order valence-electron chi connectivity index (χ1n) is 4.19. The Hall–Kier alpha value is -2.31. The molecule has 0 saturated heterocycles. The van der Waals surface area contributed by atoms with Crippen LogP contribution in [0.2, 0.25) is 0 Å². The number of nitrogens with one attached hydrogen (secondary N) is 1. The van der Waals surface area contributed by atoms with Crippen LogP contribution in [0.1, 0.15) is 10.5 Å². The predicted molar refractivity (Wildman–Crippen MR) is 51.0 cm³/mol. The third kappa shape index (κ3) is 2.13. The van der Waals surface area contributed by atoms with Crippen LogP contribution in [0.5, 0.6) is 0 Å². The van der Waals surface area contributed by atoms with Gasteiger partial charge in [0.05, 0.1) is 6.20 Å². The molecule has 0 spiro atoms. The molecule has 7 nitrogen and oxygen atoms in total. The Kier molecular flexibility index (Phi) is 2.36. The number of nitrogens with zero attached hydrogens (tertiary/aromatic N) is 5. The first-order chi connectivity index (χ1) is 7.25. The van der Waals surface area contributed by atoms with E-state index in [4.69, 9.17) is 0 Å². The van der Waals surface area contributed by atoms with Crippen molar-refractivity contribution in [3.8, 4) is 0 Å². The summed E-state index contributed by atoms with van der Waals surface area (Å²) in [4.78, 5) is 19.1. The maximum absolute atomic E-state index is 11.5. The van der Waals surface area contributed by atoms with Crippen LogP contribution in [-0.4, -0.2) is 30.9 Å². The standard InChI is InChI=1S/C8H8N6O/c1-14-4-6(12-13-14)8(15)11-7-2-3-9-5-10-7/h2-5H,1H3,(H,9,10,11,15). The van der Waals surface area contributed by atoms with Crippen LogP contribution in [0.25, 0.3) is 0 Å². The monoisotopic (exact) mass is 204 g/mol. The van der Waals surface area contributed by atoms with Gasteiger partial charge in [-0.15, -0.1) is 5.10 Å². The molecule has 7 heteroatoms. The van der Waals surface area contributed by atoms with E-state index in [9.17, 15) is 4.79 Å². The highest BCUT2D eigenvalue weighted by Gasteiger charge is 2.09. The van der Waals surface area contributed by atoms with Gasteiger partial charge in [0.25, 0.3) is 5.91 Å². The summed E-state index contributed by atoms with van der Waals surface area (Å²) in [6, 6.07) is 1.59. The molecule has 2 aromatic rings. The van der Waals surface area contributed by atoms with Gasteiger partial charge in [0, 0.05) is 13.2 Å². The number of hydrogen-bond acceptors (Lipinski definition) is 5. The summed E-state index contributed by atoms with van der Waals surface area (Å²) in [5, 5.41) is 9.89. The van der Waals surface area contributed by atoms with Gasteiger partial charge in [-0.2, -0.15) is 0 Å². The highest BCUT2D eigenvalue weighted by atomic mass is 16.2. The zero-order chi connectivity index (χ0) is 10.7. The zero-order valence-electron chi connectivity index (χ0n) is 7.95. The zero-order valence-corrected chi connectivity index (χ0v) is 7.95. The van der Waals surface area contributed by atoms with Crippen LogP contribution < -0.4 is 5.32 Å². The molecule has 0 fully saturated rings. The van der Waals surface area contributed by atoms with E-state index >= 15 is 0 Å². The predicted octanol–water partition coefficient (Wildman–Crippen LogP) is -0.143. The molecule has 1 N–H and O–H groups in total. The van der Waals surface area contributed by atoms with Crippen LogP contribution in [0.4, 0.5) is 5.82 Å². The second-order valence-electron chi connectivity index (χ2n) is 2.83. The topological polar surface area (TPSA) is 85.6 Å². The quantitative estimate of drug-likeness (QED) is 0.735. The molecule has 0 radical (unpaired) electrons. The number of hydrogen-bond donors (Lipinski definition) is 1. The second-order valence-corrected chi connectivity index (χ2v) is 2.83. The van der Waals surface area contributed by atoms with Crippen molar-refractivity contribution in [3.05, 3.63) is 30.5 Å². The minimum Gasteiger partial charge on any atom is -0.305 e. The van der Waals surface area contributed by atoms with Gasteiger partial charge in [0.15, 0.2) is 5.69 Å². The fraction of sp³-hybridized carbons (Fsp3) is 0.125. The minimum atomic E-state index is -0.346. The lowest BCUT2D eigenvalue weighted by atomic mass is 10.4. The van der Waals surface area contributed by atoms with Gasteiger partial charge >= 0.3 is 0 Å². The van der Waals surface area contributed by atoms with Gasteiger partial charge in [-0.05, 0) is 6.07 Å². The lowest BCUT2D eigenvalue weighted by Gasteiger charge is -1.99. The van der Waals surface area contributed by atoms with Gasteiger partial charge in [0.1, 0.15) is 12.1 Å². The Bertz CT molecular complexity index is 465. The highest BCUT2D eigenvalue weighted by molar-refractivity contribution is 6.01. The number of amides is 1. The SMILES string of the molecule is Cn1cc(C(=O)Nc2ccncn2)nn1. The summed E-state index contributed by atoms with van der Waals surface area (Å²) in [5.41, 5.74) is 0.246. The van der Waals surface area contributed by atoms with Crippen LogP contribution in [0, 0.1) is 0 Å². The summed E-state index contributed by atoms with van der Waals surface area (Å²) in [7, 11) is 1.69. The Labute approximate surface area is 85.2 Å². The smallest absolute Gasteiger partial charge is 0.278 e. The number of rotatable bonds is 2. The molecule has 0 aliphatic rings. The lowest BCUT2D eigenvalue weighted by molar-refractivity contribution is 0.102. The van der Waals surface area contributed by atoms with Crippen molar-refractivity contribution in [2.45, 2.75) is 0 Å². The van der Waals surface area contributed by atoms with Crippen molar-refractivity contribution in [1.82, 2.24) is 25.0 Å². The molecule has 2 heterocycles. The molecular weight excluding hydrogens is 196 g/mol. The van der Waals surface area contributed by atoms with Crippen LogP contribution in [0.15, 0.2) is 24.8 Å². The molecule has 0 aromatic carbocycles. The number of aromatic nitrogens is 5. The summed E-state index contributed by atoms with van der Waals surface area (Å²) in [6.07, 6.45) is 4.42. The molecule has 0 unspecified atom stereocenters. The Morgan fingerprint density at radius 2 is 2.40 bits per heavy atom. The van der Waals surface area contributed by atoms with Crippen LogP contribution in [0.3, 0.4) is 0 Å². The summed E-state index contributed by atoms with van der Waals surface area (Å²) >= 11 is 0. The fourth-order valence-corrected chi connectivity index (χ4v) is 0.996. The Balaban J connectivity index is 2.11. The third-order valence-corrected chi connectivity index (χ3v) is 1.66. The first kappa shape index (κ1) is 9.25. The Morgan fingerprint density at radius 1 is 1.53 bits per heavy atom. The molecule has 2 rings (SSSR count). The van der Waals surface area contributed by atoms with Crippen molar-refractivity contribution >= 4 is 11.7 Å². The maximum Gasteiger partial charge on any atom is 0.278 e. The number of aryl methyl sites for hydroxylation is 1. The summed E-state index contributed by atoms with van der Waals surface area (Å²) in [5.74, 6) is 0.0856. The Morgan fingerprint density at radius 3 is 3.00 bits per heavy atom. The number of carbonyl (C=O) groups excluding carboxylic acids is 1. The van der Waals surface area contributed by atoms with Gasteiger partial charge in [-0.25, -0.2) is 9.97 Å². The van der Waals surface area contributed by atoms with E-state index in [0.717, 1.165) is 0 Å². The van der Waals surface area contributed by atoms with Crippen LogP contribution in [-0.2, 0) is 7.05 Å². The van der Waals surface area contributed by atoms with Gasteiger partial charge < -0.3 is 5.32 Å². The van der Waals surface area contributed by atoms with E-state index in [-0.39, 0.29) is 11.6 Å². The van der Waals surface area contributed by atoms with Gasteiger partial charge in [-0.1, -0.05) is 5.21 Å². The van der Waals surface area contributed by atoms with Gasteiger partial charge in [0.2, 0.25) is 0 Å². The molecule has 0 bridgehead atoms. The first-order valence-corrected chi connectivity index (χ1v) is 4.19. The lowest BCUT2D eigenvalue weighted by Crippen LogP contribution is -2.13.